The number of hydrogen-bond acceptors (Lipinski definition) is 2. The van der Waals surface area contributed by atoms with Gasteiger partial charge in [-0.1, -0.05) is 20.8 Å². The smallest absolute Gasteiger partial charge is 0.328 e. The maximum absolute atomic E-state index is 10.5. The van der Waals surface area contributed by atoms with Crippen LogP contribution in [-0.2, 0) is 9.22 Å². The Labute approximate surface area is 77.7 Å². The molecule has 0 amide bonds. The first kappa shape index (κ1) is 8.25. The van der Waals surface area contributed by atoms with E-state index in [-0.39, 0.29) is 5.04 Å². The highest BCUT2D eigenvalue weighted by Crippen LogP contribution is 2.36. The first-order chi connectivity index (χ1) is 5.90. The van der Waals surface area contributed by atoms with Crippen LogP contribution in [0.5, 0.6) is 0 Å². The minimum Gasteiger partial charge on any atom is -0.480 e. The van der Waals surface area contributed by atoms with Crippen molar-refractivity contribution < 1.29 is 17.1 Å². The van der Waals surface area contributed by atoms with Gasteiger partial charge in [-0.25, -0.2) is 4.79 Å². The first-order valence-corrected chi connectivity index (χ1v) is 6.74. The lowest BCUT2D eigenvalue weighted by atomic mass is 10.2. The molecule has 0 radical (unpaired) electrons. The molecule has 72 valence electrons. The van der Waals surface area contributed by atoms with Crippen LogP contribution in [0.15, 0.2) is 0 Å². The highest BCUT2D eigenvalue weighted by molar-refractivity contribution is 6.74. The third-order valence-electron chi connectivity index (χ3n) is 2.20. The van der Waals surface area contributed by atoms with Crippen molar-refractivity contribution in [1.29, 1.82) is 0 Å². The molecule has 0 aromatic carbocycles. The lowest BCUT2D eigenvalue weighted by Gasteiger charge is -2.35. The van der Waals surface area contributed by atoms with Crippen LogP contribution in [-0.4, -0.2) is 26.0 Å². The zero-order chi connectivity index (χ0) is 11.8. The summed E-state index contributed by atoms with van der Waals surface area (Å²) < 4.78 is 19.5. The van der Waals surface area contributed by atoms with Gasteiger partial charge in [-0.3, -0.25) is 0 Å². The summed E-state index contributed by atoms with van der Waals surface area (Å²) in [6.45, 7) is 6.83. The predicted molar refractivity (Wildman–Crippen MR) is 50.8 cm³/mol. The molecule has 0 atom stereocenters. The van der Waals surface area contributed by atoms with Gasteiger partial charge in [0.1, 0.15) is 6.56 Å². The number of rotatable bonds is 3. The Morgan fingerprint density at radius 3 is 2.25 bits per heavy atom. The van der Waals surface area contributed by atoms with E-state index in [0.29, 0.717) is 0 Å². The molecule has 0 saturated carbocycles. The summed E-state index contributed by atoms with van der Waals surface area (Å²) in [4.78, 5) is 10.5. The lowest BCUT2D eigenvalue weighted by molar-refractivity contribution is -0.139. The van der Waals surface area contributed by atoms with Crippen molar-refractivity contribution in [2.24, 2.45) is 0 Å². The lowest BCUT2D eigenvalue weighted by Crippen LogP contribution is -2.42. The zero-order valence-electron chi connectivity index (χ0n) is 10.3. The van der Waals surface area contributed by atoms with Crippen molar-refractivity contribution in [1.82, 2.24) is 0 Å². The summed E-state index contributed by atoms with van der Waals surface area (Å²) >= 11 is 0. The van der Waals surface area contributed by atoms with E-state index in [0.717, 1.165) is 0 Å². The standard InChI is InChI=1S/C8H18O3Si/c1-8(2,3)12(4,5)11-6-7(9)10/h6H2,1-5H3,(H,9,10)/i6D2. The molecule has 1 N–H and O–H groups in total. The van der Waals surface area contributed by atoms with Crippen LogP contribution in [0.3, 0.4) is 0 Å². The molecule has 0 bridgehead atoms. The van der Waals surface area contributed by atoms with E-state index in [1.807, 2.05) is 33.9 Å². The minimum absolute atomic E-state index is 0.199. The molecule has 0 aliphatic rings. The molecule has 0 heterocycles. The van der Waals surface area contributed by atoms with Gasteiger partial charge in [-0.15, -0.1) is 0 Å². The third-order valence-corrected chi connectivity index (χ3v) is 6.42. The molecular weight excluding hydrogens is 172 g/mol. The van der Waals surface area contributed by atoms with Crippen LogP contribution in [0.2, 0.25) is 18.1 Å². The molecular formula is C8H18O3Si. The second-order valence-electron chi connectivity index (χ2n) is 4.27. The van der Waals surface area contributed by atoms with Crippen LogP contribution < -0.4 is 0 Å². The van der Waals surface area contributed by atoms with Gasteiger partial charge in [0.25, 0.3) is 0 Å². The number of carbonyl (C=O) groups is 1. The monoisotopic (exact) mass is 192 g/mol. The molecule has 0 aliphatic heterocycles. The van der Waals surface area contributed by atoms with E-state index < -0.39 is 20.8 Å². The summed E-state index contributed by atoms with van der Waals surface area (Å²) in [5.74, 6) is -1.57. The molecule has 0 aromatic heterocycles. The van der Waals surface area contributed by atoms with E-state index in [1.165, 1.54) is 0 Å². The van der Waals surface area contributed by atoms with Gasteiger partial charge in [-0.05, 0) is 18.1 Å². The van der Waals surface area contributed by atoms with Crippen molar-refractivity contribution in [2.45, 2.75) is 38.9 Å². The summed E-state index contributed by atoms with van der Waals surface area (Å²) in [6.07, 6.45) is 0. The Kier molecular flexibility index (Phi) is 2.46. The van der Waals surface area contributed by atoms with Crippen molar-refractivity contribution in [3.63, 3.8) is 0 Å². The summed E-state index contributed by atoms with van der Waals surface area (Å²) in [5.41, 5.74) is 0. The average molecular weight is 192 g/mol. The van der Waals surface area contributed by atoms with Crippen molar-refractivity contribution >= 4 is 14.3 Å². The molecule has 3 nitrogen and oxygen atoms in total. The topological polar surface area (TPSA) is 46.5 Å². The molecule has 0 rings (SSSR count). The van der Waals surface area contributed by atoms with E-state index >= 15 is 0 Å². The molecule has 4 heteroatoms. The number of aliphatic carboxylic acids is 1. The van der Waals surface area contributed by atoms with Crippen LogP contribution in [0, 0.1) is 0 Å². The van der Waals surface area contributed by atoms with Gasteiger partial charge in [0.05, 0.1) is 2.74 Å². The second kappa shape index (κ2) is 3.58. The van der Waals surface area contributed by atoms with E-state index in [4.69, 9.17) is 12.3 Å². The van der Waals surface area contributed by atoms with E-state index in [1.54, 1.807) is 0 Å². The molecule has 12 heavy (non-hydrogen) atoms. The maximum atomic E-state index is 10.5. The molecule has 0 saturated heterocycles. The van der Waals surface area contributed by atoms with Crippen LogP contribution in [0.25, 0.3) is 0 Å². The Bertz CT molecular complexity index is 233. The fraction of sp³-hybridized carbons (Fsp3) is 0.875. The molecule has 0 unspecified atom stereocenters. The SMILES string of the molecule is [2H]C([2H])(O[Si](C)(C)C(C)(C)C)C(=O)O. The fourth-order valence-electron chi connectivity index (χ4n) is 0.324. The summed E-state index contributed by atoms with van der Waals surface area (Å²) in [7, 11) is -2.36. The molecule has 0 aromatic rings. The molecule has 0 fully saturated rings. The maximum Gasteiger partial charge on any atom is 0.328 e. The molecule has 0 spiro atoms. The van der Waals surface area contributed by atoms with Crippen molar-refractivity contribution in [3.05, 3.63) is 0 Å². The average Bonchev–Trinajstić information content (AvgIpc) is 1.80. The summed E-state index contributed by atoms with van der Waals surface area (Å²) in [6, 6.07) is 0. The Morgan fingerprint density at radius 2 is 2.00 bits per heavy atom. The minimum atomic E-state index is -2.58. The Hall–Kier alpha value is -0.353. The van der Waals surface area contributed by atoms with E-state index in [9.17, 15) is 4.79 Å². The molecule has 0 aliphatic carbocycles. The second-order valence-corrected chi connectivity index (χ2v) is 8.99. The van der Waals surface area contributed by atoms with Crippen molar-refractivity contribution in [2.75, 3.05) is 6.56 Å². The summed E-state index contributed by atoms with van der Waals surface area (Å²) in [5, 5.41) is 8.39. The number of carboxylic acid groups (broad SMARTS) is 1. The number of hydrogen-bond donors (Lipinski definition) is 1. The first-order valence-electron chi connectivity index (χ1n) is 4.84. The van der Waals surface area contributed by atoms with Crippen molar-refractivity contribution in [3.8, 4) is 0 Å². The van der Waals surface area contributed by atoms with Crippen LogP contribution >= 0.6 is 0 Å². The van der Waals surface area contributed by atoms with Gasteiger partial charge >= 0.3 is 5.97 Å². The van der Waals surface area contributed by atoms with Crippen LogP contribution in [0.1, 0.15) is 23.5 Å². The van der Waals surface area contributed by atoms with Crippen LogP contribution in [0.4, 0.5) is 0 Å². The fourth-order valence-corrected chi connectivity index (χ4v) is 0.973. The van der Waals surface area contributed by atoms with Gasteiger partial charge in [0.15, 0.2) is 8.32 Å². The van der Waals surface area contributed by atoms with Gasteiger partial charge in [0, 0.05) is 0 Å². The Balaban J connectivity index is 4.76. The zero-order valence-corrected chi connectivity index (χ0v) is 9.26. The van der Waals surface area contributed by atoms with E-state index in [2.05, 4.69) is 0 Å². The number of carboxylic acids is 1. The highest BCUT2D eigenvalue weighted by atomic mass is 28.4. The van der Waals surface area contributed by atoms with Gasteiger partial charge in [0.2, 0.25) is 0 Å². The predicted octanol–water partition coefficient (Wildman–Crippen LogP) is 2.09. The largest absolute Gasteiger partial charge is 0.480 e. The third kappa shape index (κ3) is 3.36. The van der Waals surface area contributed by atoms with Gasteiger partial charge in [-0.2, -0.15) is 0 Å². The van der Waals surface area contributed by atoms with Gasteiger partial charge < -0.3 is 9.53 Å². The normalized spacial score (nSPS) is 16.8. The quantitative estimate of drug-likeness (QED) is 0.696. The highest BCUT2D eigenvalue weighted by Gasteiger charge is 2.37. The Morgan fingerprint density at radius 1 is 1.58 bits per heavy atom.